The topological polar surface area (TPSA) is 12.0 Å². The molecule has 1 nitrogen and oxygen atoms in total. The van der Waals surface area contributed by atoms with E-state index in [1.165, 1.54) is 0 Å². The summed E-state index contributed by atoms with van der Waals surface area (Å²) in [6, 6.07) is 0. The van der Waals surface area contributed by atoms with E-state index in [4.69, 9.17) is 0 Å². The van der Waals surface area contributed by atoms with Crippen molar-refractivity contribution in [3.63, 3.8) is 0 Å². The largest absolute Gasteiger partial charge is 0.393 e. The fourth-order valence-electron chi connectivity index (χ4n) is 1.60. The second-order valence-electron chi connectivity index (χ2n) is 3.53. The van der Waals surface area contributed by atoms with Gasteiger partial charge in [0.1, 0.15) is 0 Å². The molecule has 1 heterocycles. The fraction of sp³-hybridized carbons (Fsp3) is 1.00. The Hall–Kier alpha value is -0.250. The van der Waals surface area contributed by atoms with E-state index in [0.29, 0.717) is 6.54 Å². The van der Waals surface area contributed by atoms with Crippen molar-refractivity contribution in [3.05, 3.63) is 0 Å². The lowest BCUT2D eigenvalue weighted by atomic mass is 9.89. The molecule has 66 valence electrons. The molecule has 0 aromatic heterocycles. The molecule has 0 aliphatic carbocycles. The fourth-order valence-corrected chi connectivity index (χ4v) is 1.60. The quantitative estimate of drug-likeness (QED) is 0.581. The van der Waals surface area contributed by atoms with Gasteiger partial charge in [-0.3, -0.25) is 0 Å². The molecule has 1 N–H and O–H groups in total. The van der Waals surface area contributed by atoms with Crippen molar-refractivity contribution < 1.29 is 13.2 Å². The summed E-state index contributed by atoms with van der Waals surface area (Å²) in [5.74, 6) is -1.19. The Balaban J connectivity index is 2.73. The van der Waals surface area contributed by atoms with Gasteiger partial charge in [0.2, 0.25) is 0 Å². The standard InChI is InChI=1S/C7H12F3N/c1-6(2)5(3-4-11-6)7(8,9)10/h5,11H,3-4H2,1-2H3/t5-/m0/s1. The maximum Gasteiger partial charge on any atom is 0.393 e. The summed E-state index contributed by atoms with van der Waals surface area (Å²) in [7, 11) is 0. The first-order valence-electron chi connectivity index (χ1n) is 3.66. The van der Waals surface area contributed by atoms with E-state index in [1.54, 1.807) is 13.8 Å². The van der Waals surface area contributed by atoms with Gasteiger partial charge in [-0.25, -0.2) is 0 Å². The molecule has 0 bridgehead atoms. The van der Waals surface area contributed by atoms with E-state index in [9.17, 15) is 13.2 Å². The maximum absolute atomic E-state index is 12.2. The third-order valence-corrected chi connectivity index (χ3v) is 2.28. The van der Waals surface area contributed by atoms with E-state index < -0.39 is 17.6 Å². The molecular formula is C7H12F3N. The van der Waals surface area contributed by atoms with Crippen molar-refractivity contribution in [1.29, 1.82) is 0 Å². The Morgan fingerprint density at radius 1 is 1.36 bits per heavy atom. The minimum atomic E-state index is -4.05. The highest BCUT2D eigenvalue weighted by atomic mass is 19.4. The molecule has 0 radical (unpaired) electrons. The van der Waals surface area contributed by atoms with Gasteiger partial charge >= 0.3 is 6.18 Å². The van der Waals surface area contributed by atoms with Crippen LogP contribution >= 0.6 is 0 Å². The summed E-state index contributed by atoms with van der Waals surface area (Å²) < 4.78 is 36.6. The van der Waals surface area contributed by atoms with Crippen LogP contribution < -0.4 is 5.32 Å². The smallest absolute Gasteiger partial charge is 0.311 e. The van der Waals surface area contributed by atoms with Gasteiger partial charge in [0.25, 0.3) is 0 Å². The number of hydrogen-bond donors (Lipinski definition) is 1. The predicted molar refractivity (Wildman–Crippen MR) is 36.2 cm³/mol. The predicted octanol–water partition coefficient (Wildman–Crippen LogP) is 1.94. The van der Waals surface area contributed by atoms with Crippen LogP contribution in [0.15, 0.2) is 0 Å². The van der Waals surface area contributed by atoms with Crippen molar-refractivity contribution in [2.45, 2.75) is 32.0 Å². The Kier molecular flexibility index (Phi) is 1.90. The van der Waals surface area contributed by atoms with Gasteiger partial charge in [-0.2, -0.15) is 13.2 Å². The van der Waals surface area contributed by atoms with Crippen LogP contribution in [0.4, 0.5) is 13.2 Å². The van der Waals surface area contributed by atoms with Crippen LogP contribution in [0.25, 0.3) is 0 Å². The second-order valence-corrected chi connectivity index (χ2v) is 3.53. The van der Waals surface area contributed by atoms with Gasteiger partial charge < -0.3 is 5.32 Å². The van der Waals surface area contributed by atoms with E-state index in [1.807, 2.05) is 0 Å². The van der Waals surface area contributed by atoms with Gasteiger partial charge in [-0.05, 0) is 26.8 Å². The molecule has 1 aliphatic heterocycles. The minimum absolute atomic E-state index is 0.205. The molecular weight excluding hydrogens is 155 g/mol. The van der Waals surface area contributed by atoms with Gasteiger partial charge in [-0.15, -0.1) is 0 Å². The molecule has 0 aromatic rings. The highest BCUT2D eigenvalue weighted by molar-refractivity contribution is 4.95. The molecule has 0 spiro atoms. The van der Waals surface area contributed by atoms with Crippen molar-refractivity contribution in [1.82, 2.24) is 5.32 Å². The van der Waals surface area contributed by atoms with Crippen molar-refractivity contribution in [2.24, 2.45) is 5.92 Å². The number of rotatable bonds is 0. The monoisotopic (exact) mass is 167 g/mol. The molecule has 1 saturated heterocycles. The summed E-state index contributed by atoms with van der Waals surface area (Å²) >= 11 is 0. The Labute approximate surface area is 64.0 Å². The lowest BCUT2D eigenvalue weighted by molar-refractivity contribution is -0.184. The SMILES string of the molecule is CC1(C)NCC[C@@H]1C(F)(F)F. The normalized spacial score (nSPS) is 30.8. The summed E-state index contributed by atoms with van der Waals surface area (Å²) in [6.07, 6.45) is -3.84. The number of halogens is 3. The highest BCUT2D eigenvalue weighted by Gasteiger charge is 2.51. The van der Waals surface area contributed by atoms with Crippen LogP contribution in [0.2, 0.25) is 0 Å². The molecule has 1 aliphatic rings. The van der Waals surface area contributed by atoms with E-state index in [2.05, 4.69) is 5.32 Å². The maximum atomic E-state index is 12.2. The highest BCUT2D eigenvalue weighted by Crippen LogP contribution is 2.39. The van der Waals surface area contributed by atoms with E-state index in [0.717, 1.165) is 0 Å². The third kappa shape index (κ3) is 1.67. The van der Waals surface area contributed by atoms with E-state index >= 15 is 0 Å². The van der Waals surface area contributed by atoms with Crippen LogP contribution in [0.1, 0.15) is 20.3 Å². The molecule has 0 saturated carbocycles. The van der Waals surface area contributed by atoms with Gasteiger partial charge in [0.15, 0.2) is 0 Å². The molecule has 1 fully saturated rings. The van der Waals surface area contributed by atoms with Gasteiger partial charge in [0, 0.05) is 5.54 Å². The first kappa shape index (κ1) is 8.84. The second kappa shape index (κ2) is 2.37. The lowest BCUT2D eigenvalue weighted by Gasteiger charge is -2.28. The lowest BCUT2D eigenvalue weighted by Crippen LogP contribution is -2.44. The van der Waals surface area contributed by atoms with Crippen LogP contribution in [-0.4, -0.2) is 18.3 Å². The van der Waals surface area contributed by atoms with Crippen LogP contribution in [0.3, 0.4) is 0 Å². The average Bonchev–Trinajstić information content (AvgIpc) is 2.06. The molecule has 1 rings (SSSR count). The van der Waals surface area contributed by atoms with Crippen molar-refractivity contribution in [2.75, 3.05) is 6.54 Å². The number of alkyl halides is 3. The Bertz CT molecular complexity index is 150. The van der Waals surface area contributed by atoms with Crippen molar-refractivity contribution >= 4 is 0 Å². The number of nitrogens with one attached hydrogen (secondary N) is 1. The molecule has 0 aromatic carbocycles. The van der Waals surface area contributed by atoms with Crippen molar-refractivity contribution in [3.8, 4) is 0 Å². The number of hydrogen-bond acceptors (Lipinski definition) is 1. The summed E-state index contributed by atoms with van der Waals surface area (Å²) in [6.45, 7) is 3.66. The zero-order valence-electron chi connectivity index (χ0n) is 6.63. The van der Waals surface area contributed by atoms with Crippen LogP contribution in [0.5, 0.6) is 0 Å². The minimum Gasteiger partial charge on any atom is -0.311 e. The first-order chi connectivity index (χ1) is 4.84. The molecule has 4 heteroatoms. The van der Waals surface area contributed by atoms with Crippen LogP contribution in [0, 0.1) is 5.92 Å². The zero-order chi connectivity index (χ0) is 8.70. The van der Waals surface area contributed by atoms with Gasteiger partial charge in [0.05, 0.1) is 5.92 Å². The van der Waals surface area contributed by atoms with Crippen LogP contribution in [-0.2, 0) is 0 Å². The summed E-state index contributed by atoms with van der Waals surface area (Å²) in [5.41, 5.74) is -0.780. The summed E-state index contributed by atoms with van der Waals surface area (Å²) in [5, 5.41) is 2.83. The summed E-state index contributed by atoms with van der Waals surface area (Å²) in [4.78, 5) is 0. The third-order valence-electron chi connectivity index (χ3n) is 2.28. The first-order valence-corrected chi connectivity index (χ1v) is 3.66. The molecule has 11 heavy (non-hydrogen) atoms. The molecule has 0 amide bonds. The zero-order valence-corrected chi connectivity index (χ0v) is 6.63. The molecule has 1 atom stereocenters. The van der Waals surface area contributed by atoms with E-state index in [-0.39, 0.29) is 6.42 Å². The Morgan fingerprint density at radius 2 is 1.91 bits per heavy atom. The average molecular weight is 167 g/mol. The molecule has 0 unspecified atom stereocenters. The Morgan fingerprint density at radius 3 is 2.09 bits per heavy atom. The van der Waals surface area contributed by atoms with Gasteiger partial charge in [-0.1, -0.05) is 0 Å².